The lowest BCUT2D eigenvalue weighted by atomic mass is 10.2. The van der Waals surface area contributed by atoms with E-state index in [4.69, 9.17) is 21.9 Å². The van der Waals surface area contributed by atoms with Gasteiger partial charge in [0, 0.05) is 11.1 Å². The number of nitrogens with zero attached hydrogens (tertiary/aromatic N) is 2. The Morgan fingerprint density at radius 3 is 2.62 bits per heavy atom. The van der Waals surface area contributed by atoms with Gasteiger partial charge in [-0.05, 0) is 52.3 Å². The molecule has 0 radical (unpaired) electrons. The minimum Gasteiger partial charge on any atom is -0.398 e. The van der Waals surface area contributed by atoms with Gasteiger partial charge in [-0.3, -0.25) is 0 Å². The van der Waals surface area contributed by atoms with Crippen molar-refractivity contribution in [2.75, 3.05) is 5.73 Å². The molecule has 4 nitrogen and oxygen atoms in total. The number of nitrogens with two attached hydrogens (primary N) is 1. The summed E-state index contributed by atoms with van der Waals surface area (Å²) >= 11 is 9.08. The summed E-state index contributed by atoms with van der Waals surface area (Å²) in [6.45, 7) is 0. The fourth-order valence-corrected chi connectivity index (χ4v) is 2.31. The van der Waals surface area contributed by atoms with E-state index in [0.29, 0.717) is 38.0 Å². The second-order valence-corrected chi connectivity index (χ2v) is 5.55. The molecule has 0 bridgehead atoms. The van der Waals surface area contributed by atoms with Crippen molar-refractivity contribution in [3.05, 3.63) is 51.7 Å². The average molecular weight is 369 g/mol. The maximum Gasteiger partial charge on any atom is 0.258 e. The summed E-state index contributed by atoms with van der Waals surface area (Å²) in [5.74, 6) is 0.318. The van der Waals surface area contributed by atoms with Crippen LogP contribution in [0.1, 0.15) is 0 Å². The maximum atomic E-state index is 13.2. The van der Waals surface area contributed by atoms with Gasteiger partial charge in [0.25, 0.3) is 5.89 Å². The molecule has 3 aromatic rings. The topological polar surface area (TPSA) is 64.9 Å². The van der Waals surface area contributed by atoms with Crippen LogP contribution in [0.15, 0.2) is 45.4 Å². The van der Waals surface area contributed by atoms with Crippen LogP contribution in [0.3, 0.4) is 0 Å². The molecule has 0 aliphatic carbocycles. The lowest BCUT2D eigenvalue weighted by Gasteiger charge is -1.99. The van der Waals surface area contributed by atoms with Crippen LogP contribution in [0.25, 0.3) is 22.8 Å². The van der Waals surface area contributed by atoms with Gasteiger partial charge in [0.2, 0.25) is 5.82 Å². The van der Waals surface area contributed by atoms with Crippen molar-refractivity contribution in [3.63, 3.8) is 0 Å². The highest BCUT2D eigenvalue weighted by Gasteiger charge is 2.13. The first-order valence-electron chi connectivity index (χ1n) is 5.89. The summed E-state index contributed by atoms with van der Waals surface area (Å²) in [6, 6.07) is 9.53. The SMILES string of the molecule is Nc1ccc(-c2nc(-c3ccc(F)c(Br)c3)no2)cc1Cl. The molecule has 7 heteroatoms. The summed E-state index contributed by atoms with van der Waals surface area (Å²) in [7, 11) is 0. The zero-order valence-electron chi connectivity index (χ0n) is 10.5. The Balaban J connectivity index is 1.99. The van der Waals surface area contributed by atoms with Crippen molar-refractivity contribution >= 4 is 33.2 Å². The van der Waals surface area contributed by atoms with E-state index in [-0.39, 0.29) is 5.82 Å². The highest BCUT2D eigenvalue weighted by molar-refractivity contribution is 9.10. The molecule has 0 spiro atoms. The predicted molar refractivity (Wildman–Crippen MR) is 82.3 cm³/mol. The molecule has 0 aliphatic heterocycles. The third kappa shape index (κ3) is 2.77. The van der Waals surface area contributed by atoms with Crippen molar-refractivity contribution in [1.82, 2.24) is 10.1 Å². The maximum absolute atomic E-state index is 13.2. The first kappa shape index (κ1) is 14.0. The molecule has 1 heterocycles. The Hall–Kier alpha value is -1.92. The van der Waals surface area contributed by atoms with Crippen molar-refractivity contribution in [3.8, 4) is 22.8 Å². The van der Waals surface area contributed by atoms with Gasteiger partial charge in [0.1, 0.15) is 5.82 Å². The van der Waals surface area contributed by atoms with Crippen molar-refractivity contribution in [2.24, 2.45) is 0 Å². The van der Waals surface area contributed by atoms with Gasteiger partial charge in [-0.25, -0.2) is 4.39 Å². The normalized spacial score (nSPS) is 10.8. The van der Waals surface area contributed by atoms with Crippen molar-refractivity contribution < 1.29 is 8.91 Å². The Morgan fingerprint density at radius 2 is 1.90 bits per heavy atom. The number of rotatable bonds is 2. The molecule has 3 rings (SSSR count). The van der Waals surface area contributed by atoms with E-state index in [1.807, 2.05) is 0 Å². The van der Waals surface area contributed by atoms with Gasteiger partial charge in [-0.1, -0.05) is 16.8 Å². The van der Waals surface area contributed by atoms with Crippen LogP contribution in [-0.2, 0) is 0 Å². The average Bonchev–Trinajstić information content (AvgIpc) is 2.94. The number of hydrogen-bond donors (Lipinski definition) is 1. The molecule has 0 saturated carbocycles. The van der Waals surface area contributed by atoms with E-state index >= 15 is 0 Å². The van der Waals surface area contributed by atoms with Crippen LogP contribution >= 0.6 is 27.5 Å². The summed E-state index contributed by atoms with van der Waals surface area (Å²) in [6.07, 6.45) is 0. The minimum atomic E-state index is -0.354. The molecule has 0 aliphatic rings. The highest BCUT2D eigenvalue weighted by Crippen LogP contribution is 2.28. The first-order chi connectivity index (χ1) is 10.0. The summed E-state index contributed by atoms with van der Waals surface area (Å²) in [4.78, 5) is 4.27. The Labute approximate surface area is 132 Å². The van der Waals surface area contributed by atoms with Crippen LogP contribution in [0.5, 0.6) is 0 Å². The van der Waals surface area contributed by atoms with E-state index in [0.717, 1.165) is 0 Å². The number of benzene rings is 2. The first-order valence-corrected chi connectivity index (χ1v) is 7.06. The highest BCUT2D eigenvalue weighted by atomic mass is 79.9. The largest absolute Gasteiger partial charge is 0.398 e. The van der Waals surface area contributed by atoms with Crippen molar-refractivity contribution in [1.29, 1.82) is 0 Å². The number of anilines is 1. The molecule has 2 aromatic carbocycles. The van der Waals surface area contributed by atoms with Crippen LogP contribution < -0.4 is 5.73 Å². The van der Waals surface area contributed by atoms with Crippen molar-refractivity contribution in [2.45, 2.75) is 0 Å². The minimum absolute atomic E-state index is 0.312. The third-order valence-electron chi connectivity index (χ3n) is 2.85. The summed E-state index contributed by atoms with van der Waals surface area (Å²) in [5.41, 5.74) is 7.43. The molecule has 106 valence electrons. The van der Waals surface area contributed by atoms with Crippen LogP contribution in [0, 0.1) is 5.82 Å². The monoisotopic (exact) mass is 367 g/mol. The molecule has 21 heavy (non-hydrogen) atoms. The van der Waals surface area contributed by atoms with Gasteiger partial charge in [0.15, 0.2) is 0 Å². The van der Waals surface area contributed by atoms with Crippen LogP contribution in [-0.4, -0.2) is 10.1 Å². The number of aromatic nitrogens is 2. The van der Waals surface area contributed by atoms with E-state index in [1.165, 1.54) is 6.07 Å². The van der Waals surface area contributed by atoms with Crippen LogP contribution in [0.2, 0.25) is 5.02 Å². The summed E-state index contributed by atoms with van der Waals surface area (Å²) in [5, 5.41) is 4.30. The third-order valence-corrected chi connectivity index (χ3v) is 3.79. The molecule has 0 amide bonds. The predicted octanol–water partition coefficient (Wildman–Crippen LogP) is 4.54. The fourth-order valence-electron chi connectivity index (χ4n) is 1.75. The van der Waals surface area contributed by atoms with E-state index < -0.39 is 0 Å². The quantitative estimate of drug-likeness (QED) is 0.674. The Kier molecular flexibility index (Phi) is 3.65. The van der Waals surface area contributed by atoms with Gasteiger partial charge < -0.3 is 10.3 Å². The van der Waals surface area contributed by atoms with Gasteiger partial charge in [-0.2, -0.15) is 4.98 Å². The molecular weight excluding hydrogens is 361 g/mol. The second kappa shape index (κ2) is 5.46. The molecule has 1 aromatic heterocycles. The van der Waals surface area contributed by atoms with Crippen LogP contribution in [0.4, 0.5) is 10.1 Å². The lowest BCUT2D eigenvalue weighted by Crippen LogP contribution is -1.87. The molecular formula is C14H8BrClFN3O. The van der Waals surface area contributed by atoms with E-state index in [9.17, 15) is 4.39 Å². The standard InChI is InChI=1S/C14H8BrClFN3O/c15-9-5-7(1-3-11(9)17)13-19-14(21-20-13)8-2-4-12(18)10(16)6-8/h1-6H,18H2. The smallest absolute Gasteiger partial charge is 0.258 e. The number of hydrogen-bond acceptors (Lipinski definition) is 4. The zero-order valence-corrected chi connectivity index (χ0v) is 12.8. The number of nitrogen functional groups attached to an aromatic ring is 1. The summed E-state index contributed by atoms with van der Waals surface area (Å²) < 4.78 is 18.8. The Bertz CT molecular complexity index is 756. The molecule has 0 fully saturated rings. The zero-order chi connectivity index (χ0) is 15.0. The van der Waals surface area contributed by atoms with Gasteiger partial charge in [-0.15, -0.1) is 0 Å². The van der Waals surface area contributed by atoms with Gasteiger partial charge >= 0.3 is 0 Å². The van der Waals surface area contributed by atoms with E-state index in [2.05, 4.69) is 26.1 Å². The molecule has 2 N–H and O–H groups in total. The number of halogens is 3. The lowest BCUT2D eigenvalue weighted by molar-refractivity contribution is 0.432. The van der Waals surface area contributed by atoms with E-state index in [1.54, 1.807) is 30.3 Å². The second-order valence-electron chi connectivity index (χ2n) is 4.29. The Morgan fingerprint density at radius 1 is 1.14 bits per heavy atom. The molecule has 0 unspecified atom stereocenters. The fraction of sp³-hybridized carbons (Fsp3) is 0. The molecule has 0 atom stereocenters. The van der Waals surface area contributed by atoms with Gasteiger partial charge in [0.05, 0.1) is 15.2 Å². The molecule has 0 saturated heterocycles.